The van der Waals surface area contributed by atoms with Crippen molar-refractivity contribution in [1.82, 2.24) is 0 Å². The van der Waals surface area contributed by atoms with Gasteiger partial charge in [-0.15, -0.1) is 0 Å². The van der Waals surface area contributed by atoms with Crippen LogP contribution in [0.15, 0.2) is 42.5 Å². The molecule has 2 aromatic rings. The number of halogens is 2. The topological polar surface area (TPSA) is 50.8 Å². The van der Waals surface area contributed by atoms with Crippen LogP contribution in [0.2, 0.25) is 5.02 Å². The maximum Gasteiger partial charge on any atom is 0.267 e. The fourth-order valence-electron chi connectivity index (χ4n) is 2.77. The number of hydrogen-bond donors (Lipinski definition) is 1. The summed E-state index contributed by atoms with van der Waals surface area (Å²) in [6.07, 6.45) is 0. The molecule has 0 atom stereocenters. The minimum absolute atomic E-state index is 0.377. The van der Waals surface area contributed by atoms with E-state index in [1.807, 2.05) is 4.90 Å². The van der Waals surface area contributed by atoms with Gasteiger partial charge in [0.15, 0.2) is 5.60 Å². The predicted octanol–water partition coefficient (Wildman–Crippen LogP) is 4.11. The molecule has 0 aliphatic carbocycles. The van der Waals surface area contributed by atoms with Crippen LogP contribution in [0.4, 0.5) is 15.8 Å². The molecule has 2 aromatic carbocycles. The summed E-state index contributed by atoms with van der Waals surface area (Å²) >= 11 is 5.86. The Kier molecular flexibility index (Phi) is 5.87. The van der Waals surface area contributed by atoms with Crippen LogP contribution >= 0.6 is 11.6 Å². The molecule has 1 aliphatic rings. The van der Waals surface area contributed by atoms with Crippen molar-refractivity contribution in [3.8, 4) is 5.75 Å². The first kappa shape index (κ1) is 19.5. The lowest BCUT2D eigenvalue weighted by molar-refractivity contribution is -0.128. The van der Waals surface area contributed by atoms with E-state index in [0.29, 0.717) is 48.5 Å². The molecule has 1 heterocycles. The van der Waals surface area contributed by atoms with Crippen LogP contribution in [0, 0.1) is 5.82 Å². The van der Waals surface area contributed by atoms with Crippen LogP contribution in [-0.2, 0) is 9.53 Å². The zero-order valence-electron chi connectivity index (χ0n) is 15.3. The number of anilines is 2. The fraction of sp³-hybridized carbons (Fsp3) is 0.350. The van der Waals surface area contributed by atoms with Crippen LogP contribution in [0.3, 0.4) is 0 Å². The SMILES string of the molecule is CC(C)(Oc1ccc(Cl)cc1)C(=O)Nc1ccc(N2CCOCC2)c(F)c1. The maximum absolute atomic E-state index is 14.5. The number of carbonyl (C=O) groups is 1. The molecular weight excluding hydrogens is 371 g/mol. The molecule has 0 unspecified atom stereocenters. The minimum atomic E-state index is -1.15. The molecule has 3 rings (SSSR count). The highest BCUT2D eigenvalue weighted by atomic mass is 35.5. The quantitative estimate of drug-likeness (QED) is 0.831. The summed E-state index contributed by atoms with van der Waals surface area (Å²) in [7, 11) is 0. The van der Waals surface area contributed by atoms with E-state index in [9.17, 15) is 9.18 Å². The second-order valence-corrected chi connectivity index (χ2v) is 7.22. The molecule has 27 heavy (non-hydrogen) atoms. The van der Waals surface area contributed by atoms with Gasteiger partial charge in [-0.05, 0) is 56.3 Å². The highest BCUT2D eigenvalue weighted by molar-refractivity contribution is 6.30. The zero-order chi connectivity index (χ0) is 19.4. The Morgan fingerprint density at radius 3 is 2.48 bits per heavy atom. The Morgan fingerprint density at radius 2 is 1.85 bits per heavy atom. The summed E-state index contributed by atoms with van der Waals surface area (Å²) in [6, 6.07) is 11.4. The van der Waals surface area contributed by atoms with E-state index >= 15 is 0 Å². The van der Waals surface area contributed by atoms with Crippen molar-refractivity contribution >= 4 is 28.9 Å². The van der Waals surface area contributed by atoms with Crippen molar-refractivity contribution in [2.24, 2.45) is 0 Å². The Balaban J connectivity index is 1.67. The molecule has 5 nitrogen and oxygen atoms in total. The Morgan fingerprint density at radius 1 is 1.19 bits per heavy atom. The number of carbonyl (C=O) groups excluding carboxylic acids is 1. The van der Waals surface area contributed by atoms with Gasteiger partial charge in [-0.2, -0.15) is 0 Å². The summed E-state index contributed by atoms with van der Waals surface area (Å²) in [5, 5.41) is 3.30. The van der Waals surface area contributed by atoms with Gasteiger partial charge in [-0.1, -0.05) is 11.6 Å². The number of nitrogens with zero attached hydrogens (tertiary/aromatic N) is 1. The number of hydrogen-bond acceptors (Lipinski definition) is 4. The molecule has 1 fully saturated rings. The van der Waals surface area contributed by atoms with E-state index < -0.39 is 5.60 Å². The lowest BCUT2D eigenvalue weighted by Crippen LogP contribution is -2.42. The van der Waals surface area contributed by atoms with Crippen molar-refractivity contribution in [2.45, 2.75) is 19.4 Å². The van der Waals surface area contributed by atoms with Crippen LogP contribution in [-0.4, -0.2) is 37.8 Å². The van der Waals surface area contributed by atoms with E-state index in [1.54, 1.807) is 50.2 Å². The van der Waals surface area contributed by atoms with E-state index in [-0.39, 0.29) is 11.7 Å². The maximum atomic E-state index is 14.5. The second-order valence-electron chi connectivity index (χ2n) is 6.79. The van der Waals surface area contributed by atoms with Crippen molar-refractivity contribution in [1.29, 1.82) is 0 Å². The van der Waals surface area contributed by atoms with E-state index in [1.165, 1.54) is 6.07 Å². The summed E-state index contributed by atoms with van der Waals surface area (Å²) in [6.45, 7) is 5.74. The molecule has 0 saturated carbocycles. The van der Waals surface area contributed by atoms with Crippen molar-refractivity contribution in [2.75, 3.05) is 36.5 Å². The van der Waals surface area contributed by atoms with Crippen molar-refractivity contribution < 1.29 is 18.7 Å². The minimum Gasteiger partial charge on any atom is -0.478 e. The number of amides is 1. The second kappa shape index (κ2) is 8.15. The Labute approximate surface area is 163 Å². The smallest absolute Gasteiger partial charge is 0.267 e. The number of ether oxygens (including phenoxy) is 2. The standard InChI is InChI=1S/C20H22ClFN2O3/c1-20(2,27-16-6-3-14(21)4-7-16)19(25)23-15-5-8-18(17(22)13-15)24-9-11-26-12-10-24/h3-8,13H,9-12H2,1-2H3,(H,23,25). The molecule has 1 saturated heterocycles. The van der Waals surface area contributed by atoms with Gasteiger partial charge in [0.2, 0.25) is 0 Å². The number of nitrogens with one attached hydrogen (secondary N) is 1. The van der Waals surface area contributed by atoms with Crippen molar-refractivity contribution in [3.63, 3.8) is 0 Å². The summed E-state index contributed by atoms with van der Waals surface area (Å²) in [4.78, 5) is 14.5. The highest BCUT2D eigenvalue weighted by Gasteiger charge is 2.30. The van der Waals surface area contributed by atoms with Crippen LogP contribution in [0.25, 0.3) is 0 Å². The average molecular weight is 393 g/mol. The van der Waals surface area contributed by atoms with Gasteiger partial charge in [0.1, 0.15) is 11.6 Å². The molecule has 0 radical (unpaired) electrons. The molecule has 0 spiro atoms. The first-order chi connectivity index (χ1) is 12.8. The van der Waals surface area contributed by atoms with Gasteiger partial charge in [0.05, 0.1) is 18.9 Å². The normalized spacial score (nSPS) is 14.7. The average Bonchev–Trinajstić information content (AvgIpc) is 2.64. The van der Waals surface area contributed by atoms with Gasteiger partial charge >= 0.3 is 0 Å². The summed E-state index contributed by atoms with van der Waals surface area (Å²) in [5.41, 5.74) is -0.261. The first-order valence-electron chi connectivity index (χ1n) is 8.73. The Hall–Kier alpha value is -2.31. The molecule has 0 aromatic heterocycles. The largest absolute Gasteiger partial charge is 0.478 e. The fourth-order valence-corrected chi connectivity index (χ4v) is 2.90. The third-order valence-electron chi connectivity index (χ3n) is 4.29. The van der Waals surface area contributed by atoms with Gasteiger partial charge < -0.3 is 19.7 Å². The van der Waals surface area contributed by atoms with Gasteiger partial charge in [0.25, 0.3) is 5.91 Å². The zero-order valence-corrected chi connectivity index (χ0v) is 16.1. The molecule has 144 valence electrons. The van der Waals surface area contributed by atoms with Crippen LogP contribution < -0.4 is 15.0 Å². The summed E-state index contributed by atoms with van der Waals surface area (Å²) in [5.74, 6) is -0.240. The Bertz CT molecular complexity index is 805. The molecule has 1 aliphatic heterocycles. The molecule has 0 bridgehead atoms. The highest BCUT2D eigenvalue weighted by Crippen LogP contribution is 2.26. The van der Waals surface area contributed by atoms with Crippen molar-refractivity contribution in [3.05, 3.63) is 53.3 Å². The number of rotatable bonds is 5. The molecule has 7 heteroatoms. The monoisotopic (exact) mass is 392 g/mol. The van der Waals surface area contributed by atoms with E-state index in [0.717, 1.165) is 0 Å². The predicted molar refractivity (Wildman–Crippen MR) is 104 cm³/mol. The van der Waals surface area contributed by atoms with Gasteiger partial charge in [0, 0.05) is 23.8 Å². The van der Waals surface area contributed by atoms with Crippen LogP contribution in [0.1, 0.15) is 13.8 Å². The van der Waals surface area contributed by atoms with Crippen LogP contribution in [0.5, 0.6) is 5.75 Å². The van der Waals surface area contributed by atoms with E-state index in [4.69, 9.17) is 21.1 Å². The number of morpholine rings is 1. The third-order valence-corrected chi connectivity index (χ3v) is 4.54. The first-order valence-corrected chi connectivity index (χ1v) is 9.11. The number of benzene rings is 2. The lowest BCUT2D eigenvalue weighted by atomic mass is 10.1. The molecule has 1 amide bonds. The third kappa shape index (κ3) is 4.90. The summed E-state index contributed by atoms with van der Waals surface area (Å²) < 4.78 is 25.5. The molecule has 1 N–H and O–H groups in total. The van der Waals surface area contributed by atoms with E-state index in [2.05, 4.69) is 5.32 Å². The van der Waals surface area contributed by atoms with Gasteiger partial charge in [-0.25, -0.2) is 4.39 Å². The van der Waals surface area contributed by atoms with Gasteiger partial charge in [-0.3, -0.25) is 4.79 Å². The molecular formula is C20H22ClFN2O3. The lowest BCUT2D eigenvalue weighted by Gasteiger charge is -2.29.